The van der Waals surface area contributed by atoms with Crippen LogP contribution in [0, 0.1) is 11.8 Å². The molecule has 5 rings (SSSR count). The Balaban J connectivity index is 1.39. The molecule has 4 heterocycles. The van der Waals surface area contributed by atoms with Crippen LogP contribution in [-0.2, 0) is 35.3 Å². The van der Waals surface area contributed by atoms with Gasteiger partial charge in [0.1, 0.15) is 29.9 Å². The number of benzene rings is 1. The maximum absolute atomic E-state index is 14.6. The van der Waals surface area contributed by atoms with Crippen molar-refractivity contribution in [3.63, 3.8) is 0 Å². The third-order valence-electron chi connectivity index (χ3n) is 9.23. The fraction of sp³-hybridized carbons (Fsp3) is 0.576. The zero-order valence-corrected chi connectivity index (χ0v) is 26.4. The van der Waals surface area contributed by atoms with Crippen LogP contribution in [0.5, 0.6) is 0 Å². The molecule has 2 aromatic rings. The highest BCUT2D eigenvalue weighted by Gasteiger charge is 2.75. The Morgan fingerprint density at radius 2 is 2.04 bits per heavy atom. The van der Waals surface area contributed by atoms with Crippen molar-refractivity contribution in [2.75, 3.05) is 26.2 Å². The van der Waals surface area contributed by atoms with Crippen molar-refractivity contribution in [3.8, 4) is 0 Å². The Morgan fingerprint density at radius 1 is 1.24 bits per heavy atom. The monoisotopic (exact) mass is 636 g/mol. The average Bonchev–Trinajstić information content (AvgIpc) is 3.80. The zero-order valence-electron chi connectivity index (χ0n) is 26.4. The first kappa shape index (κ1) is 33.3. The van der Waals surface area contributed by atoms with Crippen LogP contribution in [0.15, 0.2) is 49.6 Å². The van der Waals surface area contributed by atoms with Crippen LogP contribution in [0.2, 0.25) is 0 Å². The number of aromatic nitrogens is 3. The molecule has 0 radical (unpaired) electrons. The second kappa shape index (κ2) is 14.5. The molecule has 3 saturated heterocycles. The summed E-state index contributed by atoms with van der Waals surface area (Å²) in [5.41, 5.74) is 0.264. The van der Waals surface area contributed by atoms with Crippen LogP contribution in [0.3, 0.4) is 0 Å². The fourth-order valence-corrected chi connectivity index (χ4v) is 7.14. The van der Waals surface area contributed by atoms with E-state index in [1.165, 1.54) is 0 Å². The number of fused-ring (bicyclic) bond motifs is 2. The smallest absolute Gasteiger partial charge is 0.312 e. The maximum atomic E-state index is 14.6. The van der Waals surface area contributed by atoms with E-state index < -0.39 is 41.7 Å². The Morgan fingerprint density at radius 3 is 2.80 bits per heavy atom. The number of carbonyl (C=O) groups is 4. The van der Waals surface area contributed by atoms with Gasteiger partial charge in [-0.15, -0.1) is 18.3 Å². The normalized spacial score (nSPS) is 25.3. The van der Waals surface area contributed by atoms with E-state index in [0.717, 1.165) is 5.52 Å². The van der Waals surface area contributed by atoms with Gasteiger partial charge in [0.15, 0.2) is 0 Å². The minimum atomic E-state index is -1.19. The van der Waals surface area contributed by atoms with Gasteiger partial charge in [0, 0.05) is 26.1 Å². The summed E-state index contributed by atoms with van der Waals surface area (Å²) in [6.07, 6.45) is 5.72. The first-order valence-corrected chi connectivity index (χ1v) is 16.1. The van der Waals surface area contributed by atoms with Crippen molar-refractivity contribution in [2.45, 2.75) is 82.4 Å². The van der Waals surface area contributed by atoms with Crippen molar-refractivity contribution >= 4 is 34.7 Å². The third-order valence-corrected chi connectivity index (χ3v) is 9.23. The van der Waals surface area contributed by atoms with Crippen molar-refractivity contribution in [3.05, 3.63) is 49.6 Å². The minimum absolute atomic E-state index is 0.0352. The van der Waals surface area contributed by atoms with Crippen LogP contribution >= 0.6 is 0 Å². The molecule has 13 nitrogen and oxygen atoms in total. The molecule has 3 aliphatic rings. The number of likely N-dealkylation sites (tertiary alicyclic amines) is 1. The number of allylic oxidation sites excluding steroid dienone is 1. The molecule has 0 saturated carbocycles. The predicted molar refractivity (Wildman–Crippen MR) is 168 cm³/mol. The van der Waals surface area contributed by atoms with Gasteiger partial charge in [-0.3, -0.25) is 19.2 Å². The molecule has 248 valence electrons. The topological polar surface area (TPSA) is 156 Å². The van der Waals surface area contributed by atoms with Gasteiger partial charge in [-0.1, -0.05) is 29.5 Å². The van der Waals surface area contributed by atoms with E-state index in [1.807, 2.05) is 24.3 Å². The van der Waals surface area contributed by atoms with Crippen molar-refractivity contribution in [1.82, 2.24) is 30.1 Å². The SMILES string of the molecule is C=CCCC(=O)NC[C@H](C)OC(=O)[C@@H]1[C@@H]2CC[C@]3(O2)[C@H](C(=O)N(CC=C)Cn2nnc4ccccc42)N(CCCCCO)C(=O)[C@@H]13. The Kier molecular flexibility index (Phi) is 10.5. The lowest BCUT2D eigenvalue weighted by Gasteiger charge is -2.36. The molecule has 3 fully saturated rings. The standard InChI is InChI=1S/C33H44N6O7/c1-4-6-14-26(41)34-20-22(3)45-32(44)27-25-15-16-33(46-25)28(27)30(42)38(18-10-7-11-19-40)29(33)31(43)37(17-5-2)21-39-24-13-9-8-12-23(24)35-36-39/h4-5,8-9,12-13,22,25,27-29,40H,1-2,6-7,10-11,14-21H2,3H3,(H,34,41)/t22-,25-,27+,28+,29-,33+/m0/s1. The van der Waals surface area contributed by atoms with Crippen molar-refractivity contribution in [2.24, 2.45) is 11.8 Å². The van der Waals surface area contributed by atoms with Gasteiger partial charge < -0.3 is 29.7 Å². The van der Waals surface area contributed by atoms with E-state index in [-0.39, 0.29) is 50.6 Å². The van der Waals surface area contributed by atoms with Gasteiger partial charge in [-0.05, 0) is 57.6 Å². The first-order valence-electron chi connectivity index (χ1n) is 16.1. The number of aliphatic hydroxyl groups is 1. The molecule has 3 aliphatic heterocycles. The summed E-state index contributed by atoms with van der Waals surface area (Å²) in [7, 11) is 0. The van der Waals surface area contributed by atoms with Gasteiger partial charge in [-0.2, -0.15) is 0 Å². The molecule has 6 atom stereocenters. The number of rotatable bonds is 17. The summed E-state index contributed by atoms with van der Waals surface area (Å²) >= 11 is 0. The van der Waals surface area contributed by atoms with E-state index in [0.29, 0.717) is 50.5 Å². The summed E-state index contributed by atoms with van der Waals surface area (Å²) in [5, 5.41) is 20.5. The summed E-state index contributed by atoms with van der Waals surface area (Å²) < 4.78 is 13.9. The zero-order chi connectivity index (χ0) is 32.8. The molecule has 2 N–H and O–H groups in total. The summed E-state index contributed by atoms with van der Waals surface area (Å²) in [4.78, 5) is 57.7. The number of nitrogens with one attached hydrogen (secondary N) is 1. The summed E-state index contributed by atoms with van der Waals surface area (Å²) in [5.74, 6) is -3.10. The molecule has 1 aromatic carbocycles. The van der Waals surface area contributed by atoms with E-state index in [2.05, 4.69) is 28.8 Å². The highest BCUT2D eigenvalue weighted by atomic mass is 16.6. The molecular weight excluding hydrogens is 592 g/mol. The highest BCUT2D eigenvalue weighted by Crippen LogP contribution is 2.59. The Labute approximate surface area is 268 Å². The van der Waals surface area contributed by atoms with Gasteiger partial charge >= 0.3 is 5.97 Å². The van der Waals surface area contributed by atoms with E-state index >= 15 is 0 Å². The van der Waals surface area contributed by atoms with Crippen LogP contribution in [-0.4, -0.2) is 104 Å². The molecular formula is C33H44N6O7. The van der Waals surface area contributed by atoms with Gasteiger partial charge in [0.2, 0.25) is 17.7 Å². The third kappa shape index (κ3) is 6.43. The van der Waals surface area contributed by atoms with Crippen molar-refractivity contribution in [1.29, 1.82) is 0 Å². The lowest BCUT2D eigenvalue weighted by Crippen LogP contribution is -2.56. The quantitative estimate of drug-likeness (QED) is 0.151. The molecule has 13 heteroatoms. The molecule has 0 aliphatic carbocycles. The van der Waals surface area contributed by atoms with Crippen LogP contribution in [0.25, 0.3) is 11.0 Å². The van der Waals surface area contributed by atoms with E-state index in [4.69, 9.17) is 9.47 Å². The fourth-order valence-electron chi connectivity index (χ4n) is 7.14. The second-order valence-corrected chi connectivity index (χ2v) is 12.3. The number of para-hydroxylation sites is 1. The highest BCUT2D eigenvalue weighted by molar-refractivity contribution is 5.98. The molecule has 2 bridgehead atoms. The Hall–Kier alpha value is -4.10. The summed E-state index contributed by atoms with van der Waals surface area (Å²) in [6.45, 7) is 9.89. The number of ether oxygens (including phenoxy) is 2. The van der Waals surface area contributed by atoms with E-state index in [1.54, 1.807) is 33.6 Å². The largest absolute Gasteiger partial charge is 0.460 e. The van der Waals surface area contributed by atoms with Crippen LogP contribution in [0.1, 0.15) is 51.9 Å². The van der Waals surface area contributed by atoms with Gasteiger partial charge in [-0.25, -0.2) is 4.68 Å². The van der Waals surface area contributed by atoms with E-state index in [9.17, 15) is 24.3 Å². The minimum Gasteiger partial charge on any atom is -0.460 e. The first-order chi connectivity index (χ1) is 22.2. The number of hydrogen-bond donors (Lipinski definition) is 2. The predicted octanol–water partition coefficient (Wildman–Crippen LogP) is 1.95. The lowest BCUT2D eigenvalue weighted by atomic mass is 9.70. The molecule has 1 aromatic heterocycles. The van der Waals surface area contributed by atoms with Gasteiger partial charge in [0.25, 0.3) is 0 Å². The maximum Gasteiger partial charge on any atom is 0.312 e. The number of esters is 1. The number of nitrogens with zero attached hydrogens (tertiary/aromatic N) is 5. The molecule has 1 spiro atoms. The average molecular weight is 637 g/mol. The van der Waals surface area contributed by atoms with Crippen molar-refractivity contribution < 1.29 is 33.8 Å². The van der Waals surface area contributed by atoms with Crippen LogP contribution in [0.4, 0.5) is 0 Å². The number of aliphatic hydroxyl groups excluding tert-OH is 1. The number of unbranched alkanes of at least 4 members (excludes halogenated alkanes) is 2. The number of carbonyl (C=O) groups excluding carboxylic acids is 4. The molecule has 3 amide bonds. The number of amides is 3. The molecule has 0 unspecified atom stereocenters. The Bertz CT molecular complexity index is 1460. The van der Waals surface area contributed by atoms with Gasteiger partial charge in [0.05, 0.1) is 30.0 Å². The second-order valence-electron chi connectivity index (χ2n) is 12.3. The summed E-state index contributed by atoms with van der Waals surface area (Å²) in [6, 6.07) is 6.49. The van der Waals surface area contributed by atoms with Crippen LogP contribution < -0.4 is 5.32 Å². The lowest BCUT2D eigenvalue weighted by molar-refractivity contribution is -0.159. The molecule has 46 heavy (non-hydrogen) atoms. The number of hydrogen-bond acceptors (Lipinski definition) is 9.